The molecule has 3 amide bonds. The molecule has 3 N–H and O–H groups in total. The summed E-state index contributed by atoms with van der Waals surface area (Å²) >= 11 is 0. The monoisotopic (exact) mass is 387 g/mol. The Hall–Kier alpha value is -2.90. The molecule has 2 fully saturated rings. The Labute approximate surface area is 163 Å². The van der Waals surface area contributed by atoms with Crippen LogP contribution in [0.15, 0.2) is 30.3 Å². The first kappa shape index (κ1) is 19.9. The number of hydrogen-bond donors (Lipinski definition) is 3. The molecular formula is C20H25N3O5. The summed E-state index contributed by atoms with van der Waals surface area (Å²) in [6.45, 7) is 0. The van der Waals surface area contributed by atoms with Crippen LogP contribution < -0.4 is 16.0 Å². The molecule has 0 spiro atoms. The molecule has 0 unspecified atom stereocenters. The topological polar surface area (TPSA) is 114 Å². The van der Waals surface area contributed by atoms with Crippen molar-refractivity contribution in [3.8, 4) is 0 Å². The van der Waals surface area contributed by atoms with Crippen molar-refractivity contribution in [3.63, 3.8) is 0 Å². The fourth-order valence-corrected chi connectivity index (χ4v) is 3.29. The summed E-state index contributed by atoms with van der Waals surface area (Å²) in [5.41, 5.74) is 0.931. The largest absolute Gasteiger partial charge is 0.467 e. The van der Waals surface area contributed by atoms with E-state index in [0.717, 1.165) is 18.4 Å². The van der Waals surface area contributed by atoms with Crippen LogP contribution in [-0.4, -0.2) is 48.9 Å². The maximum atomic E-state index is 12.3. The lowest BCUT2D eigenvalue weighted by atomic mass is 10.0. The summed E-state index contributed by atoms with van der Waals surface area (Å²) in [7, 11) is 1.27. The molecular weight excluding hydrogens is 362 g/mol. The van der Waals surface area contributed by atoms with Crippen molar-refractivity contribution in [3.05, 3.63) is 35.9 Å². The van der Waals surface area contributed by atoms with Crippen LogP contribution in [0.2, 0.25) is 0 Å². The Kier molecular flexibility index (Phi) is 6.28. The first-order chi connectivity index (χ1) is 13.5. The molecule has 1 aliphatic carbocycles. The maximum Gasteiger partial charge on any atom is 0.328 e. The first-order valence-electron chi connectivity index (χ1n) is 9.48. The fourth-order valence-electron chi connectivity index (χ4n) is 3.29. The second kappa shape index (κ2) is 8.86. The van der Waals surface area contributed by atoms with Gasteiger partial charge in [0.15, 0.2) is 0 Å². The minimum Gasteiger partial charge on any atom is -0.467 e. The van der Waals surface area contributed by atoms with E-state index in [2.05, 4.69) is 16.0 Å². The number of amides is 3. The molecule has 1 aliphatic heterocycles. The Balaban J connectivity index is 1.53. The smallest absolute Gasteiger partial charge is 0.328 e. The molecule has 1 saturated heterocycles. The van der Waals surface area contributed by atoms with Crippen LogP contribution in [0.1, 0.15) is 31.2 Å². The highest BCUT2D eigenvalue weighted by atomic mass is 16.5. The van der Waals surface area contributed by atoms with Gasteiger partial charge in [-0.2, -0.15) is 0 Å². The normalized spacial score (nSPS) is 22.6. The van der Waals surface area contributed by atoms with Gasteiger partial charge < -0.3 is 20.7 Å². The highest BCUT2D eigenvalue weighted by Crippen LogP contribution is 2.33. The van der Waals surface area contributed by atoms with Crippen LogP contribution in [0.3, 0.4) is 0 Å². The number of nitrogens with one attached hydrogen (secondary N) is 3. The molecule has 1 saturated carbocycles. The van der Waals surface area contributed by atoms with E-state index in [9.17, 15) is 19.2 Å². The Morgan fingerprint density at radius 2 is 1.75 bits per heavy atom. The molecule has 1 aromatic rings. The number of methoxy groups -OCH3 is 1. The highest BCUT2D eigenvalue weighted by Gasteiger charge is 2.36. The third-order valence-corrected chi connectivity index (χ3v) is 5.03. The van der Waals surface area contributed by atoms with Gasteiger partial charge >= 0.3 is 5.97 Å². The fraction of sp³-hybridized carbons (Fsp3) is 0.500. The van der Waals surface area contributed by atoms with E-state index in [1.807, 2.05) is 30.3 Å². The highest BCUT2D eigenvalue weighted by molar-refractivity contribution is 5.99. The number of carbonyl (C=O) groups is 4. The number of hydrogen-bond acceptors (Lipinski definition) is 5. The lowest BCUT2D eigenvalue weighted by molar-refractivity contribution is -0.145. The van der Waals surface area contributed by atoms with Gasteiger partial charge in [0.2, 0.25) is 17.7 Å². The predicted molar refractivity (Wildman–Crippen MR) is 99.9 cm³/mol. The zero-order valence-electron chi connectivity index (χ0n) is 15.8. The van der Waals surface area contributed by atoms with Crippen molar-refractivity contribution in [2.24, 2.45) is 5.92 Å². The lowest BCUT2D eigenvalue weighted by Crippen LogP contribution is -2.63. The molecule has 8 heteroatoms. The molecule has 1 aromatic carbocycles. The molecule has 0 bridgehead atoms. The van der Waals surface area contributed by atoms with Crippen LogP contribution in [0, 0.1) is 5.92 Å². The van der Waals surface area contributed by atoms with Gasteiger partial charge in [-0.1, -0.05) is 43.2 Å². The molecule has 1 heterocycles. The van der Waals surface area contributed by atoms with E-state index in [0.29, 0.717) is 18.8 Å². The predicted octanol–water partition coefficient (Wildman–Crippen LogP) is 0.0603. The van der Waals surface area contributed by atoms with Crippen molar-refractivity contribution >= 4 is 23.7 Å². The van der Waals surface area contributed by atoms with Crippen LogP contribution in [0.25, 0.3) is 0 Å². The molecule has 2 aliphatic rings. The second-order valence-corrected chi connectivity index (χ2v) is 7.34. The van der Waals surface area contributed by atoms with Crippen molar-refractivity contribution in [2.75, 3.05) is 7.11 Å². The summed E-state index contributed by atoms with van der Waals surface area (Å²) in [4.78, 5) is 48.8. The van der Waals surface area contributed by atoms with E-state index in [1.54, 1.807) is 0 Å². The number of benzene rings is 1. The summed E-state index contributed by atoms with van der Waals surface area (Å²) in [6, 6.07) is 7.01. The van der Waals surface area contributed by atoms with Gasteiger partial charge in [0, 0.05) is 6.42 Å². The average Bonchev–Trinajstić information content (AvgIpc) is 3.49. The first-order valence-corrected chi connectivity index (χ1v) is 9.48. The third kappa shape index (κ3) is 5.31. The summed E-state index contributed by atoms with van der Waals surface area (Å²) in [5.74, 6) is -1.30. The molecule has 3 rings (SSSR count). The van der Waals surface area contributed by atoms with Crippen molar-refractivity contribution in [2.45, 2.75) is 50.2 Å². The standard InChI is InChI=1S/C20H25N3O5/c1-28-20(27)16(10-13-7-8-13)21-17(24)11-15-19(26)22-14(18(25)23-15)9-12-5-3-2-4-6-12/h2-6,13-16H,7-11H2,1H3,(H,21,24)(H,22,26)(H,23,25)/t14-,15-,16+/m0/s1. The van der Waals surface area contributed by atoms with Gasteiger partial charge in [0.25, 0.3) is 0 Å². The van der Waals surface area contributed by atoms with Gasteiger partial charge in [-0.25, -0.2) is 4.79 Å². The van der Waals surface area contributed by atoms with Gasteiger partial charge in [0.1, 0.15) is 18.1 Å². The van der Waals surface area contributed by atoms with Crippen molar-refractivity contribution in [1.82, 2.24) is 16.0 Å². The zero-order valence-corrected chi connectivity index (χ0v) is 15.8. The molecule has 28 heavy (non-hydrogen) atoms. The molecule has 0 radical (unpaired) electrons. The number of esters is 1. The van der Waals surface area contributed by atoms with Gasteiger partial charge in [0.05, 0.1) is 13.5 Å². The van der Waals surface area contributed by atoms with Crippen LogP contribution in [0.5, 0.6) is 0 Å². The number of carbonyl (C=O) groups excluding carboxylic acids is 4. The SMILES string of the molecule is COC(=O)[C@@H](CC1CC1)NC(=O)C[C@@H]1NC(=O)[C@H](Cc2ccccc2)NC1=O. The Morgan fingerprint density at radius 3 is 2.39 bits per heavy atom. The minimum atomic E-state index is -0.959. The van der Waals surface area contributed by atoms with E-state index >= 15 is 0 Å². The van der Waals surface area contributed by atoms with Crippen molar-refractivity contribution < 1.29 is 23.9 Å². The number of rotatable bonds is 8. The van der Waals surface area contributed by atoms with Crippen LogP contribution in [-0.2, 0) is 30.3 Å². The Bertz CT molecular complexity index is 747. The molecule has 0 aromatic heterocycles. The third-order valence-electron chi connectivity index (χ3n) is 5.03. The van der Waals surface area contributed by atoms with E-state index < -0.39 is 35.9 Å². The summed E-state index contributed by atoms with van der Waals surface area (Å²) in [5, 5.41) is 7.91. The van der Waals surface area contributed by atoms with Gasteiger partial charge in [-0.3, -0.25) is 14.4 Å². The zero-order chi connectivity index (χ0) is 20.1. The lowest BCUT2D eigenvalue weighted by Gasteiger charge is -2.29. The minimum absolute atomic E-state index is 0.228. The molecule has 8 nitrogen and oxygen atoms in total. The van der Waals surface area contributed by atoms with E-state index in [4.69, 9.17) is 4.74 Å². The van der Waals surface area contributed by atoms with Crippen LogP contribution >= 0.6 is 0 Å². The van der Waals surface area contributed by atoms with Gasteiger partial charge in [-0.15, -0.1) is 0 Å². The number of ether oxygens (including phenoxy) is 1. The summed E-state index contributed by atoms with van der Waals surface area (Å²) in [6.07, 6.45) is 2.75. The molecule has 150 valence electrons. The average molecular weight is 387 g/mol. The van der Waals surface area contributed by atoms with Gasteiger partial charge in [-0.05, 0) is 17.9 Å². The van der Waals surface area contributed by atoms with E-state index in [-0.39, 0.29) is 12.3 Å². The Morgan fingerprint density at radius 1 is 1.11 bits per heavy atom. The van der Waals surface area contributed by atoms with Crippen molar-refractivity contribution in [1.29, 1.82) is 0 Å². The quantitative estimate of drug-likeness (QED) is 0.546. The second-order valence-electron chi connectivity index (χ2n) is 7.34. The van der Waals surface area contributed by atoms with Crippen LogP contribution in [0.4, 0.5) is 0 Å². The molecule has 3 atom stereocenters. The summed E-state index contributed by atoms with van der Waals surface area (Å²) < 4.78 is 4.74. The maximum absolute atomic E-state index is 12.3. The van der Waals surface area contributed by atoms with E-state index in [1.165, 1.54) is 7.11 Å². The number of piperazine rings is 1.